The van der Waals surface area contributed by atoms with Crippen LogP contribution in [0, 0.1) is 12.8 Å². The molecule has 0 saturated carbocycles. The second kappa shape index (κ2) is 9.68. The molecule has 0 unspecified atom stereocenters. The van der Waals surface area contributed by atoms with Gasteiger partial charge in [-0.3, -0.25) is 9.69 Å². The van der Waals surface area contributed by atoms with E-state index in [1.165, 1.54) is 0 Å². The number of likely N-dealkylation sites (tertiary alicyclic amines) is 1. The van der Waals surface area contributed by atoms with Crippen LogP contribution in [0.2, 0.25) is 0 Å². The Labute approximate surface area is 206 Å². The van der Waals surface area contributed by atoms with Crippen molar-refractivity contribution in [1.29, 1.82) is 0 Å². The zero-order valence-electron chi connectivity index (χ0n) is 20.6. The highest BCUT2D eigenvalue weighted by molar-refractivity contribution is 5.94. The van der Waals surface area contributed by atoms with Gasteiger partial charge in [0.25, 0.3) is 0 Å². The lowest BCUT2D eigenvalue weighted by Crippen LogP contribution is -2.52. The van der Waals surface area contributed by atoms with Crippen LogP contribution >= 0.6 is 0 Å². The summed E-state index contributed by atoms with van der Waals surface area (Å²) >= 11 is 0. The fourth-order valence-electron chi connectivity index (χ4n) is 4.98. The first-order chi connectivity index (χ1) is 16.9. The van der Waals surface area contributed by atoms with Crippen LogP contribution in [0.4, 0.5) is 10.5 Å². The van der Waals surface area contributed by atoms with Crippen molar-refractivity contribution < 1.29 is 23.8 Å². The summed E-state index contributed by atoms with van der Waals surface area (Å²) in [6.07, 6.45) is 1.22. The highest BCUT2D eigenvalue weighted by Crippen LogP contribution is 2.36. The first kappa shape index (κ1) is 23.3. The summed E-state index contributed by atoms with van der Waals surface area (Å²) in [5.74, 6) is 2.11. The molecular weight excluding hydrogens is 446 g/mol. The van der Waals surface area contributed by atoms with E-state index in [-0.39, 0.29) is 30.0 Å². The van der Waals surface area contributed by atoms with Crippen LogP contribution in [-0.2, 0) is 4.79 Å². The maximum atomic E-state index is 13.4. The number of anilines is 1. The molecule has 2 atom stereocenters. The minimum Gasteiger partial charge on any atom is -0.487 e. The molecule has 186 valence electrons. The predicted molar refractivity (Wildman–Crippen MR) is 132 cm³/mol. The molecule has 8 nitrogen and oxygen atoms in total. The van der Waals surface area contributed by atoms with Crippen LogP contribution in [0.5, 0.6) is 17.2 Å². The zero-order chi connectivity index (χ0) is 24.5. The summed E-state index contributed by atoms with van der Waals surface area (Å²) in [5, 5.41) is 3.14. The van der Waals surface area contributed by atoms with E-state index in [0.717, 1.165) is 34.1 Å². The van der Waals surface area contributed by atoms with Crippen molar-refractivity contribution in [2.75, 3.05) is 37.7 Å². The van der Waals surface area contributed by atoms with Crippen molar-refractivity contribution in [3.05, 3.63) is 47.5 Å². The summed E-state index contributed by atoms with van der Waals surface area (Å²) in [7, 11) is 0. The summed E-state index contributed by atoms with van der Waals surface area (Å²) in [6, 6.07) is 11.5. The van der Waals surface area contributed by atoms with Gasteiger partial charge in [-0.15, -0.1) is 0 Å². The lowest BCUT2D eigenvalue weighted by atomic mass is 9.95. The van der Waals surface area contributed by atoms with E-state index in [9.17, 15) is 9.59 Å². The second-order valence-corrected chi connectivity index (χ2v) is 9.69. The molecule has 3 aliphatic heterocycles. The number of urea groups is 1. The maximum Gasteiger partial charge on any atom is 0.324 e. The smallest absolute Gasteiger partial charge is 0.324 e. The third kappa shape index (κ3) is 4.88. The Kier molecular flexibility index (Phi) is 6.45. The first-order valence-corrected chi connectivity index (χ1v) is 12.4. The van der Waals surface area contributed by atoms with E-state index >= 15 is 0 Å². The van der Waals surface area contributed by atoms with Gasteiger partial charge in [0.1, 0.15) is 25.1 Å². The fraction of sp³-hybridized carbons (Fsp3) is 0.481. The van der Waals surface area contributed by atoms with Crippen LogP contribution in [0.25, 0.3) is 0 Å². The lowest BCUT2D eigenvalue weighted by molar-refractivity contribution is -0.126. The number of hydrogen-bond donors (Lipinski definition) is 1. The van der Waals surface area contributed by atoms with Crippen molar-refractivity contribution in [3.63, 3.8) is 0 Å². The van der Waals surface area contributed by atoms with E-state index in [2.05, 4.69) is 5.32 Å². The molecule has 5 rings (SSSR count). The van der Waals surface area contributed by atoms with Crippen LogP contribution in [0.1, 0.15) is 43.9 Å². The molecule has 0 bridgehead atoms. The van der Waals surface area contributed by atoms with Crippen molar-refractivity contribution in [1.82, 2.24) is 10.2 Å². The highest BCUT2D eigenvalue weighted by Gasteiger charge is 2.34. The SMILES string of the molecule is Cc1ccc2c(c1)N(C(=O)N1CCC(C(=O)N[C@@H](C)c3ccc4c(c3)OCCO4)CC1)C[C@H](C)O2. The molecule has 0 aromatic heterocycles. The third-order valence-corrected chi connectivity index (χ3v) is 6.97. The van der Waals surface area contributed by atoms with Crippen molar-refractivity contribution in [3.8, 4) is 17.2 Å². The molecule has 1 fully saturated rings. The van der Waals surface area contributed by atoms with E-state index in [1.54, 1.807) is 0 Å². The van der Waals surface area contributed by atoms with Gasteiger partial charge in [-0.05, 0) is 69.0 Å². The number of nitrogens with zero attached hydrogens (tertiary/aromatic N) is 2. The summed E-state index contributed by atoms with van der Waals surface area (Å²) in [4.78, 5) is 30.1. The van der Waals surface area contributed by atoms with Gasteiger partial charge in [-0.2, -0.15) is 0 Å². The van der Waals surface area contributed by atoms with Gasteiger partial charge in [-0.25, -0.2) is 4.79 Å². The van der Waals surface area contributed by atoms with Crippen molar-refractivity contribution in [2.45, 2.75) is 45.8 Å². The Morgan fingerprint density at radius 2 is 1.71 bits per heavy atom. The normalized spacial score (nSPS) is 20.5. The lowest BCUT2D eigenvalue weighted by Gasteiger charge is -2.39. The maximum absolute atomic E-state index is 13.4. The molecule has 2 aromatic rings. The number of rotatable bonds is 3. The summed E-state index contributed by atoms with van der Waals surface area (Å²) in [6.45, 7) is 8.67. The molecule has 0 aliphatic carbocycles. The van der Waals surface area contributed by atoms with Gasteiger partial charge in [0.2, 0.25) is 5.91 Å². The number of nitrogens with one attached hydrogen (secondary N) is 1. The molecule has 35 heavy (non-hydrogen) atoms. The fourth-order valence-corrected chi connectivity index (χ4v) is 4.98. The average Bonchev–Trinajstić information content (AvgIpc) is 2.87. The number of benzene rings is 2. The van der Waals surface area contributed by atoms with Crippen molar-refractivity contribution in [2.24, 2.45) is 5.92 Å². The average molecular weight is 480 g/mol. The number of piperidine rings is 1. The first-order valence-electron chi connectivity index (χ1n) is 12.4. The molecule has 3 amide bonds. The van der Waals surface area contributed by atoms with Gasteiger partial charge in [0.05, 0.1) is 18.3 Å². The third-order valence-electron chi connectivity index (χ3n) is 6.97. The largest absolute Gasteiger partial charge is 0.487 e. The number of aryl methyl sites for hydroxylation is 1. The van der Waals surface area contributed by atoms with E-state index < -0.39 is 0 Å². The van der Waals surface area contributed by atoms with Gasteiger partial charge in [-0.1, -0.05) is 12.1 Å². The topological polar surface area (TPSA) is 80.3 Å². The Balaban J connectivity index is 1.18. The number of fused-ring (bicyclic) bond motifs is 2. The van der Waals surface area contributed by atoms with Gasteiger partial charge < -0.3 is 24.4 Å². The molecule has 3 heterocycles. The highest BCUT2D eigenvalue weighted by atomic mass is 16.6. The van der Waals surface area contributed by atoms with Crippen LogP contribution in [0.3, 0.4) is 0 Å². The zero-order valence-corrected chi connectivity index (χ0v) is 20.6. The Bertz CT molecular complexity index is 1110. The van der Waals surface area contributed by atoms with Crippen LogP contribution in [-0.4, -0.2) is 55.8 Å². The predicted octanol–water partition coefficient (Wildman–Crippen LogP) is 4.06. The van der Waals surface area contributed by atoms with Gasteiger partial charge >= 0.3 is 6.03 Å². The van der Waals surface area contributed by atoms with E-state index in [0.29, 0.717) is 45.7 Å². The Hall–Kier alpha value is -3.42. The van der Waals surface area contributed by atoms with Crippen molar-refractivity contribution >= 4 is 17.6 Å². The number of hydrogen-bond acceptors (Lipinski definition) is 5. The summed E-state index contributed by atoms with van der Waals surface area (Å²) < 4.78 is 17.2. The molecule has 0 spiro atoms. The monoisotopic (exact) mass is 479 g/mol. The number of ether oxygens (including phenoxy) is 3. The van der Waals surface area contributed by atoms with Crippen LogP contribution < -0.4 is 24.4 Å². The molecule has 2 aromatic carbocycles. The minimum atomic E-state index is -0.146. The quantitative estimate of drug-likeness (QED) is 0.718. The molecule has 1 N–H and O–H groups in total. The van der Waals surface area contributed by atoms with E-state index in [4.69, 9.17) is 14.2 Å². The molecule has 0 radical (unpaired) electrons. The molecule has 3 aliphatic rings. The Morgan fingerprint density at radius 1 is 1.00 bits per heavy atom. The van der Waals surface area contributed by atoms with Crippen LogP contribution in [0.15, 0.2) is 36.4 Å². The second-order valence-electron chi connectivity index (χ2n) is 9.69. The molecular formula is C27H33N3O5. The number of amides is 3. The van der Waals surface area contributed by atoms with E-state index in [1.807, 2.05) is 67.0 Å². The van der Waals surface area contributed by atoms with Gasteiger partial charge in [0, 0.05) is 19.0 Å². The molecule has 8 heteroatoms. The number of carbonyl (C=O) groups is 2. The number of carbonyl (C=O) groups excluding carboxylic acids is 2. The Morgan fingerprint density at radius 3 is 2.49 bits per heavy atom. The van der Waals surface area contributed by atoms with Gasteiger partial charge in [0.15, 0.2) is 11.5 Å². The summed E-state index contributed by atoms with van der Waals surface area (Å²) in [5.41, 5.74) is 2.88. The molecule has 1 saturated heterocycles. The minimum absolute atomic E-state index is 0.0181. The standard InChI is InChI=1S/C27H33N3O5/c1-17-4-6-23-22(14-17)30(16-18(2)35-23)27(32)29-10-8-20(9-11-29)26(31)28-19(3)21-5-7-24-25(15-21)34-13-12-33-24/h4-7,14-15,18-20H,8-13,16H2,1-3H3,(H,28,31)/t18-,19-/m0/s1.